The Morgan fingerprint density at radius 3 is 2.48 bits per heavy atom. The molecule has 0 saturated heterocycles. The molecule has 7 heteroatoms. The Bertz CT molecular complexity index is 957. The van der Waals surface area contributed by atoms with Gasteiger partial charge in [0.15, 0.2) is 0 Å². The summed E-state index contributed by atoms with van der Waals surface area (Å²) in [6.07, 6.45) is 0. The van der Waals surface area contributed by atoms with Gasteiger partial charge in [0.1, 0.15) is 5.69 Å². The first-order chi connectivity index (χ1) is 12.2. The van der Waals surface area contributed by atoms with Crippen molar-refractivity contribution in [1.29, 1.82) is 5.26 Å². The number of nitrogens with zero attached hydrogens (tertiary/aromatic N) is 2. The average Bonchev–Trinajstić information content (AvgIpc) is 3.17. The molecule has 0 spiro atoms. The highest BCUT2D eigenvalue weighted by molar-refractivity contribution is 5.98. The van der Waals surface area contributed by atoms with E-state index in [1.807, 2.05) is 36.4 Å². The fourth-order valence-electron chi connectivity index (χ4n) is 2.18. The molecule has 3 aromatic rings. The molecule has 0 atom stereocenters. The van der Waals surface area contributed by atoms with Crippen LogP contribution in [0.25, 0.3) is 11.3 Å². The van der Waals surface area contributed by atoms with Crippen LogP contribution in [-0.2, 0) is 0 Å². The first-order valence-corrected chi connectivity index (χ1v) is 7.39. The number of aromatic nitrogens is 2. The molecule has 7 nitrogen and oxygen atoms in total. The van der Waals surface area contributed by atoms with Crippen molar-refractivity contribution >= 4 is 11.8 Å². The van der Waals surface area contributed by atoms with Crippen LogP contribution in [0.1, 0.15) is 26.4 Å². The molecule has 0 unspecified atom stereocenters. The van der Waals surface area contributed by atoms with Gasteiger partial charge in [0, 0.05) is 11.1 Å². The minimum atomic E-state index is -0.528. The van der Waals surface area contributed by atoms with E-state index in [0.29, 0.717) is 11.3 Å². The van der Waals surface area contributed by atoms with Gasteiger partial charge in [-0.15, -0.1) is 0 Å². The van der Waals surface area contributed by atoms with Gasteiger partial charge >= 0.3 is 0 Å². The van der Waals surface area contributed by atoms with Gasteiger partial charge in [-0.25, -0.2) is 0 Å². The molecule has 0 bridgehead atoms. The average molecular weight is 331 g/mol. The van der Waals surface area contributed by atoms with E-state index in [1.165, 1.54) is 6.07 Å². The third kappa shape index (κ3) is 3.71. The number of hydrogen-bond acceptors (Lipinski definition) is 4. The van der Waals surface area contributed by atoms with Gasteiger partial charge in [-0.3, -0.25) is 25.5 Å². The molecule has 2 aromatic carbocycles. The van der Waals surface area contributed by atoms with Gasteiger partial charge in [0.2, 0.25) is 0 Å². The first-order valence-electron chi connectivity index (χ1n) is 7.39. The van der Waals surface area contributed by atoms with Crippen LogP contribution in [0.15, 0.2) is 60.7 Å². The summed E-state index contributed by atoms with van der Waals surface area (Å²) in [6.45, 7) is 0. The number of carbonyl (C=O) groups is 2. The van der Waals surface area contributed by atoms with E-state index in [9.17, 15) is 9.59 Å². The maximum atomic E-state index is 12.1. The summed E-state index contributed by atoms with van der Waals surface area (Å²) in [7, 11) is 0. The van der Waals surface area contributed by atoms with Crippen LogP contribution in [0, 0.1) is 11.3 Å². The fraction of sp³-hybridized carbons (Fsp3) is 0. The zero-order valence-electron chi connectivity index (χ0n) is 13.0. The smallest absolute Gasteiger partial charge is 0.272 e. The molecule has 0 aliphatic carbocycles. The monoisotopic (exact) mass is 331 g/mol. The van der Waals surface area contributed by atoms with Crippen LogP contribution in [0.4, 0.5) is 0 Å². The van der Waals surface area contributed by atoms with Crippen LogP contribution >= 0.6 is 0 Å². The van der Waals surface area contributed by atoms with Crippen molar-refractivity contribution in [2.75, 3.05) is 0 Å². The molecular weight excluding hydrogens is 318 g/mol. The predicted octanol–water partition coefficient (Wildman–Crippen LogP) is 2.02. The van der Waals surface area contributed by atoms with Crippen molar-refractivity contribution in [3.8, 4) is 17.3 Å². The van der Waals surface area contributed by atoms with Gasteiger partial charge in [-0.1, -0.05) is 36.4 Å². The number of nitrogens with one attached hydrogen (secondary N) is 3. The highest BCUT2D eigenvalue weighted by atomic mass is 16.2. The van der Waals surface area contributed by atoms with Crippen LogP contribution in [-0.4, -0.2) is 22.0 Å². The fourth-order valence-corrected chi connectivity index (χ4v) is 2.18. The van der Waals surface area contributed by atoms with Crippen molar-refractivity contribution in [2.24, 2.45) is 0 Å². The number of nitriles is 1. The summed E-state index contributed by atoms with van der Waals surface area (Å²) in [6, 6.07) is 19.1. The molecule has 1 heterocycles. The zero-order valence-corrected chi connectivity index (χ0v) is 13.0. The van der Waals surface area contributed by atoms with Crippen molar-refractivity contribution in [1.82, 2.24) is 21.0 Å². The highest BCUT2D eigenvalue weighted by Crippen LogP contribution is 2.16. The third-order valence-electron chi connectivity index (χ3n) is 3.44. The molecule has 0 aliphatic heterocycles. The standard InChI is InChI=1S/C18H13N5O2/c19-11-12-5-4-8-14(9-12)17(24)22-23-18(25)16-10-15(20-21-16)13-6-2-1-3-7-13/h1-10H,(H,20,21)(H,22,24)(H,23,25). The molecule has 3 N–H and O–H groups in total. The quantitative estimate of drug-likeness (QED) is 0.638. The maximum absolute atomic E-state index is 12.1. The van der Waals surface area contributed by atoms with Crippen molar-refractivity contribution in [2.45, 2.75) is 0 Å². The molecule has 25 heavy (non-hydrogen) atoms. The lowest BCUT2D eigenvalue weighted by Crippen LogP contribution is -2.41. The Labute approximate surface area is 143 Å². The summed E-state index contributed by atoms with van der Waals surface area (Å²) in [5, 5.41) is 15.6. The predicted molar refractivity (Wildman–Crippen MR) is 90.1 cm³/mol. The Balaban J connectivity index is 1.64. The summed E-state index contributed by atoms with van der Waals surface area (Å²) in [5.74, 6) is -1.05. The summed E-state index contributed by atoms with van der Waals surface area (Å²) in [4.78, 5) is 24.1. The Hall–Kier alpha value is -3.92. The van der Waals surface area contributed by atoms with E-state index < -0.39 is 11.8 Å². The molecule has 122 valence electrons. The number of hydrogen-bond donors (Lipinski definition) is 3. The number of H-pyrrole nitrogens is 1. The third-order valence-corrected chi connectivity index (χ3v) is 3.44. The van der Waals surface area contributed by atoms with Crippen LogP contribution in [0.3, 0.4) is 0 Å². The molecule has 0 fully saturated rings. The number of hydrazine groups is 1. The molecule has 2 amide bonds. The van der Waals surface area contributed by atoms with Gasteiger partial charge < -0.3 is 0 Å². The van der Waals surface area contributed by atoms with Crippen LogP contribution < -0.4 is 10.9 Å². The van der Waals surface area contributed by atoms with E-state index in [1.54, 1.807) is 24.3 Å². The van der Waals surface area contributed by atoms with E-state index in [0.717, 1.165) is 5.56 Å². The minimum absolute atomic E-state index is 0.213. The van der Waals surface area contributed by atoms with Gasteiger partial charge in [-0.2, -0.15) is 10.4 Å². The molecule has 1 aromatic heterocycles. The number of rotatable bonds is 3. The lowest BCUT2D eigenvalue weighted by molar-refractivity contribution is 0.0844. The van der Waals surface area contributed by atoms with Crippen LogP contribution in [0.2, 0.25) is 0 Å². The lowest BCUT2D eigenvalue weighted by Gasteiger charge is -2.06. The minimum Gasteiger partial charge on any atom is -0.272 e. The van der Waals surface area contributed by atoms with Gasteiger partial charge in [-0.05, 0) is 24.3 Å². The second kappa shape index (κ2) is 7.10. The first kappa shape index (κ1) is 16.0. The SMILES string of the molecule is N#Cc1cccc(C(=O)NNC(=O)c2cc(-c3ccccc3)n[nH]2)c1. The van der Waals surface area contributed by atoms with Crippen LogP contribution in [0.5, 0.6) is 0 Å². The van der Waals surface area contributed by atoms with Crippen molar-refractivity contribution in [3.05, 3.63) is 77.5 Å². The van der Waals surface area contributed by atoms with E-state index in [4.69, 9.17) is 5.26 Å². The van der Waals surface area contributed by atoms with Crippen molar-refractivity contribution < 1.29 is 9.59 Å². The molecule has 3 rings (SSSR count). The van der Waals surface area contributed by atoms with E-state index in [2.05, 4.69) is 21.0 Å². The summed E-state index contributed by atoms with van der Waals surface area (Å²) < 4.78 is 0. The van der Waals surface area contributed by atoms with Crippen molar-refractivity contribution in [3.63, 3.8) is 0 Å². The number of carbonyl (C=O) groups excluding carboxylic acids is 2. The second-order valence-corrected chi connectivity index (χ2v) is 5.13. The second-order valence-electron chi connectivity index (χ2n) is 5.13. The molecular formula is C18H13N5O2. The Kier molecular flexibility index (Phi) is 4.53. The normalized spacial score (nSPS) is 9.88. The highest BCUT2D eigenvalue weighted by Gasteiger charge is 2.13. The topological polar surface area (TPSA) is 111 Å². The van der Waals surface area contributed by atoms with Gasteiger partial charge in [0.25, 0.3) is 11.8 Å². The molecule has 0 radical (unpaired) electrons. The molecule has 0 aliphatic rings. The molecule has 0 saturated carbocycles. The summed E-state index contributed by atoms with van der Waals surface area (Å²) >= 11 is 0. The van der Waals surface area contributed by atoms with Gasteiger partial charge in [0.05, 0.1) is 17.3 Å². The van der Waals surface area contributed by atoms with E-state index >= 15 is 0 Å². The number of aromatic amines is 1. The Morgan fingerprint density at radius 1 is 0.960 bits per heavy atom. The number of amides is 2. The maximum Gasteiger partial charge on any atom is 0.287 e. The zero-order chi connectivity index (χ0) is 17.6. The number of benzene rings is 2. The van der Waals surface area contributed by atoms with E-state index in [-0.39, 0.29) is 11.3 Å². The Morgan fingerprint density at radius 2 is 1.72 bits per heavy atom. The summed E-state index contributed by atoms with van der Waals surface area (Å²) in [5.41, 5.74) is 6.95. The largest absolute Gasteiger partial charge is 0.287 e. The lowest BCUT2D eigenvalue weighted by atomic mass is 10.1.